The number of piperidine rings is 1. The number of hydrogen-bond donors (Lipinski definition) is 1. The SMILES string of the molecule is Cc1noc2ncnc(N3CCC(C(=O)N[C@H]4CCCc5ccccc54)CC3)c12. The highest BCUT2D eigenvalue weighted by atomic mass is 16.5. The van der Waals surface area contributed by atoms with E-state index in [1.54, 1.807) is 0 Å². The Morgan fingerprint density at radius 3 is 2.86 bits per heavy atom. The molecule has 2 aliphatic rings. The lowest BCUT2D eigenvalue weighted by Crippen LogP contribution is -2.42. The first kappa shape index (κ1) is 18.1. The minimum absolute atomic E-state index is 0.0428. The van der Waals surface area contributed by atoms with E-state index >= 15 is 0 Å². The summed E-state index contributed by atoms with van der Waals surface area (Å²) in [6.07, 6.45) is 6.40. The second kappa shape index (κ2) is 7.46. The second-order valence-electron chi connectivity index (χ2n) is 8.06. The van der Waals surface area contributed by atoms with E-state index in [4.69, 9.17) is 4.52 Å². The van der Waals surface area contributed by atoms with Crippen LogP contribution in [0.2, 0.25) is 0 Å². The molecule has 7 heteroatoms. The van der Waals surface area contributed by atoms with Gasteiger partial charge in [-0.1, -0.05) is 29.4 Å². The molecule has 5 rings (SSSR count). The van der Waals surface area contributed by atoms with Gasteiger partial charge in [-0.2, -0.15) is 4.98 Å². The van der Waals surface area contributed by atoms with Gasteiger partial charge in [0.25, 0.3) is 5.71 Å². The summed E-state index contributed by atoms with van der Waals surface area (Å²) in [6.45, 7) is 3.48. The van der Waals surface area contributed by atoms with Crippen molar-refractivity contribution in [2.45, 2.75) is 45.1 Å². The van der Waals surface area contributed by atoms with Crippen molar-refractivity contribution >= 4 is 22.8 Å². The molecule has 7 nitrogen and oxygen atoms in total. The van der Waals surface area contributed by atoms with Crippen LogP contribution in [-0.4, -0.2) is 34.1 Å². The Labute approximate surface area is 169 Å². The number of carbonyl (C=O) groups is 1. The van der Waals surface area contributed by atoms with E-state index in [9.17, 15) is 4.79 Å². The zero-order chi connectivity index (χ0) is 19.8. The third-order valence-electron chi connectivity index (χ3n) is 6.27. The molecule has 0 spiro atoms. The Morgan fingerprint density at radius 1 is 1.17 bits per heavy atom. The standard InChI is InChI=1S/C22H25N5O2/c1-14-19-20(23-13-24-22(19)29-26-14)27-11-9-16(10-12-27)21(28)25-18-8-4-6-15-5-2-3-7-17(15)18/h2-3,5,7,13,16,18H,4,6,8-12H2,1H3,(H,25,28)/t18-/m0/s1. The van der Waals surface area contributed by atoms with Crippen molar-refractivity contribution in [3.8, 4) is 0 Å². The summed E-state index contributed by atoms with van der Waals surface area (Å²) in [5.41, 5.74) is 3.97. The van der Waals surface area contributed by atoms with Crippen LogP contribution in [-0.2, 0) is 11.2 Å². The van der Waals surface area contributed by atoms with Crippen LogP contribution < -0.4 is 10.2 Å². The van der Waals surface area contributed by atoms with Crippen molar-refractivity contribution < 1.29 is 9.32 Å². The monoisotopic (exact) mass is 391 g/mol. The zero-order valence-corrected chi connectivity index (χ0v) is 16.6. The lowest BCUT2D eigenvalue weighted by atomic mass is 9.87. The third-order valence-corrected chi connectivity index (χ3v) is 6.27. The number of hydrogen-bond acceptors (Lipinski definition) is 6. The largest absolute Gasteiger partial charge is 0.356 e. The maximum atomic E-state index is 13.0. The number of anilines is 1. The van der Waals surface area contributed by atoms with E-state index in [1.807, 2.05) is 6.92 Å². The third kappa shape index (κ3) is 3.34. The average Bonchev–Trinajstić information content (AvgIpc) is 3.15. The van der Waals surface area contributed by atoms with Crippen molar-refractivity contribution in [3.63, 3.8) is 0 Å². The van der Waals surface area contributed by atoms with E-state index in [0.717, 1.165) is 62.1 Å². The molecule has 29 heavy (non-hydrogen) atoms. The van der Waals surface area contributed by atoms with E-state index < -0.39 is 0 Å². The molecule has 1 aliphatic heterocycles. The highest BCUT2D eigenvalue weighted by Crippen LogP contribution is 2.32. The van der Waals surface area contributed by atoms with Crippen LogP contribution >= 0.6 is 0 Å². The summed E-state index contributed by atoms with van der Waals surface area (Å²) >= 11 is 0. The van der Waals surface area contributed by atoms with Gasteiger partial charge in [-0.3, -0.25) is 4.79 Å². The summed E-state index contributed by atoms with van der Waals surface area (Å²) < 4.78 is 5.26. The van der Waals surface area contributed by atoms with Crippen LogP contribution in [0.15, 0.2) is 35.1 Å². The van der Waals surface area contributed by atoms with Crippen molar-refractivity contribution in [2.75, 3.05) is 18.0 Å². The molecule has 1 fully saturated rings. The highest BCUT2D eigenvalue weighted by Gasteiger charge is 2.30. The van der Waals surface area contributed by atoms with Crippen molar-refractivity contribution in [2.24, 2.45) is 5.92 Å². The molecule has 0 bridgehead atoms. The smallest absolute Gasteiger partial charge is 0.263 e. The van der Waals surface area contributed by atoms with Gasteiger partial charge in [0.15, 0.2) is 0 Å². The van der Waals surface area contributed by atoms with E-state index in [1.165, 1.54) is 17.5 Å². The van der Waals surface area contributed by atoms with Gasteiger partial charge in [-0.05, 0) is 50.2 Å². The van der Waals surface area contributed by atoms with Crippen LogP contribution in [0.5, 0.6) is 0 Å². The predicted molar refractivity (Wildman–Crippen MR) is 110 cm³/mol. The maximum absolute atomic E-state index is 13.0. The van der Waals surface area contributed by atoms with Gasteiger partial charge in [-0.25, -0.2) is 4.98 Å². The fraction of sp³-hybridized carbons (Fsp3) is 0.455. The number of aromatic nitrogens is 3. The molecule has 0 unspecified atom stereocenters. The van der Waals surface area contributed by atoms with Crippen molar-refractivity contribution in [1.82, 2.24) is 20.4 Å². The van der Waals surface area contributed by atoms with Gasteiger partial charge in [0, 0.05) is 19.0 Å². The van der Waals surface area contributed by atoms with E-state index in [-0.39, 0.29) is 17.9 Å². The highest BCUT2D eigenvalue weighted by molar-refractivity contribution is 5.88. The van der Waals surface area contributed by atoms with Crippen molar-refractivity contribution in [1.29, 1.82) is 0 Å². The summed E-state index contributed by atoms with van der Waals surface area (Å²) in [5.74, 6) is 1.08. The zero-order valence-electron chi connectivity index (χ0n) is 16.6. The molecule has 3 heterocycles. The van der Waals surface area contributed by atoms with Crippen LogP contribution in [0, 0.1) is 12.8 Å². The first-order chi connectivity index (χ1) is 14.2. The molecule has 1 amide bonds. The molecule has 1 N–H and O–H groups in total. The van der Waals surface area contributed by atoms with E-state index in [0.29, 0.717) is 5.71 Å². The number of nitrogens with one attached hydrogen (secondary N) is 1. The van der Waals surface area contributed by atoms with Gasteiger partial charge in [-0.15, -0.1) is 0 Å². The lowest BCUT2D eigenvalue weighted by molar-refractivity contribution is -0.126. The number of carbonyl (C=O) groups excluding carboxylic acids is 1. The van der Waals surface area contributed by atoms with Crippen LogP contribution in [0.4, 0.5) is 5.82 Å². The quantitative estimate of drug-likeness (QED) is 0.737. The normalized spacial score (nSPS) is 19.9. The Balaban J connectivity index is 1.25. The molecule has 0 radical (unpaired) electrons. The predicted octanol–water partition coefficient (Wildman–Crippen LogP) is 3.34. The topological polar surface area (TPSA) is 84.2 Å². The minimum Gasteiger partial charge on any atom is -0.356 e. The Bertz CT molecular complexity index is 1040. The van der Waals surface area contributed by atoms with Crippen LogP contribution in [0.3, 0.4) is 0 Å². The fourth-order valence-electron chi connectivity index (χ4n) is 4.69. The first-order valence-electron chi connectivity index (χ1n) is 10.4. The van der Waals surface area contributed by atoms with Crippen LogP contribution in [0.25, 0.3) is 11.1 Å². The first-order valence-corrected chi connectivity index (χ1v) is 10.4. The Kier molecular flexibility index (Phi) is 4.66. The molecule has 2 aromatic heterocycles. The van der Waals surface area contributed by atoms with Crippen molar-refractivity contribution in [3.05, 3.63) is 47.4 Å². The van der Waals surface area contributed by atoms with Gasteiger partial charge in [0.1, 0.15) is 17.5 Å². The molecular formula is C22H25N5O2. The lowest BCUT2D eigenvalue weighted by Gasteiger charge is -2.34. The summed E-state index contributed by atoms with van der Waals surface area (Å²) in [4.78, 5) is 23.8. The molecule has 150 valence electrons. The minimum atomic E-state index is 0.0428. The molecule has 1 atom stereocenters. The molecule has 1 saturated heterocycles. The summed E-state index contributed by atoms with van der Waals surface area (Å²) in [6, 6.07) is 8.63. The molecule has 0 saturated carbocycles. The fourth-order valence-corrected chi connectivity index (χ4v) is 4.69. The molecule has 3 aromatic rings. The number of benzene rings is 1. The van der Waals surface area contributed by atoms with Crippen LogP contribution in [0.1, 0.15) is 48.5 Å². The number of amides is 1. The number of nitrogens with zero attached hydrogens (tertiary/aromatic N) is 4. The number of fused-ring (bicyclic) bond motifs is 2. The molecular weight excluding hydrogens is 366 g/mol. The summed E-state index contributed by atoms with van der Waals surface area (Å²) in [5, 5.41) is 8.21. The molecule has 1 aliphatic carbocycles. The van der Waals surface area contributed by atoms with Gasteiger partial charge in [0.05, 0.1) is 11.7 Å². The Hall–Kier alpha value is -2.96. The summed E-state index contributed by atoms with van der Waals surface area (Å²) in [7, 11) is 0. The van der Waals surface area contributed by atoms with Gasteiger partial charge in [0.2, 0.25) is 5.91 Å². The van der Waals surface area contributed by atoms with Gasteiger partial charge < -0.3 is 14.7 Å². The second-order valence-corrected chi connectivity index (χ2v) is 8.06. The maximum Gasteiger partial charge on any atom is 0.263 e. The number of rotatable bonds is 3. The van der Waals surface area contributed by atoms with E-state index in [2.05, 4.69) is 49.6 Å². The Morgan fingerprint density at radius 2 is 2.00 bits per heavy atom. The average molecular weight is 391 g/mol. The molecule has 1 aromatic carbocycles. The number of aryl methyl sites for hydroxylation is 2. The van der Waals surface area contributed by atoms with Gasteiger partial charge >= 0.3 is 0 Å².